The van der Waals surface area contributed by atoms with Gasteiger partial charge in [-0.15, -0.1) is 0 Å². The van der Waals surface area contributed by atoms with Gasteiger partial charge in [0.15, 0.2) is 7.05 Å². The lowest BCUT2D eigenvalue weighted by Crippen LogP contribution is -2.11. The van der Waals surface area contributed by atoms with Gasteiger partial charge in [-0.3, -0.25) is 25.0 Å². The van der Waals surface area contributed by atoms with E-state index in [1.165, 1.54) is 5.56 Å². The maximum Gasteiger partial charge on any atom is 0.233 e. The molecule has 1 N–H and O–H groups in total. The molecule has 0 heterocycles. The lowest BCUT2D eigenvalue weighted by molar-refractivity contribution is -0.491. The Kier molecular flexibility index (Phi) is 11.1. The smallest absolute Gasteiger partial charge is 0.233 e. The summed E-state index contributed by atoms with van der Waals surface area (Å²) in [4.78, 5) is 28.6. The third-order valence-electron chi connectivity index (χ3n) is 4.88. The molecule has 0 amide bonds. The van der Waals surface area contributed by atoms with Crippen LogP contribution in [0.3, 0.4) is 0 Å². The van der Waals surface area contributed by atoms with Crippen molar-refractivity contribution >= 4 is 6.29 Å². The number of carbonyl (C=O) groups is 1. The lowest BCUT2D eigenvalue weighted by Gasteiger charge is -2.07. The van der Waals surface area contributed by atoms with Crippen LogP contribution in [0.5, 0.6) is 0 Å². The van der Waals surface area contributed by atoms with Crippen LogP contribution in [0.25, 0.3) is 22.3 Å². The Bertz CT molecular complexity index is 1220. The largest absolute Gasteiger partial charge is 0.382 e. The van der Waals surface area contributed by atoms with Crippen molar-refractivity contribution in [2.75, 3.05) is 13.6 Å². The molecule has 4 aromatic rings. The normalized spacial score (nSPS) is 10.5. The molecule has 1 atom stereocenters. The number of rotatable bonds is 6. The Morgan fingerprint density at radius 1 is 0.694 bits per heavy atom. The molecule has 0 saturated carbocycles. The van der Waals surface area contributed by atoms with Gasteiger partial charge >= 0.3 is 0 Å². The van der Waals surface area contributed by atoms with Crippen LogP contribution >= 0.6 is 0 Å². The summed E-state index contributed by atoms with van der Waals surface area (Å²) in [5.74, 6) is 0. The van der Waals surface area contributed by atoms with Gasteiger partial charge in [0.25, 0.3) is 0 Å². The highest BCUT2D eigenvalue weighted by Crippen LogP contribution is 2.22. The number of hydrogen-bond donors (Lipinski definition) is 1. The molecule has 0 aromatic heterocycles. The SMILES string of the molecule is C[N+](=O)[O-].O=Cc1ccc(-c2ccccc2)cc1.O=[N+]([O-])CC(O)c1ccc(-c2ccccc2)cc1. The molecule has 0 aliphatic rings. The van der Waals surface area contributed by atoms with Crippen molar-refractivity contribution in [2.24, 2.45) is 0 Å². The Hall–Kier alpha value is -4.69. The first kappa shape index (κ1) is 27.6. The molecule has 0 bridgehead atoms. The molecular weight excluding hydrogens is 460 g/mol. The first-order valence-corrected chi connectivity index (χ1v) is 10.9. The fraction of sp³-hybridized carbons (Fsp3) is 0.107. The fourth-order valence-corrected chi connectivity index (χ4v) is 3.16. The number of aliphatic hydroxyl groups excluding tert-OH is 1. The molecule has 0 aliphatic heterocycles. The Balaban J connectivity index is 0.000000226. The van der Waals surface area contributed by atoms with Gasteiger partial charge in [0.05, 0.1) is 0 Å². The zero-order chi connectivity index (χ0) is 26.3. The van der Waals surface area contributed by atoms with E-state index in [4.69, 9.17) is 10.1 Å². The summed E-state index contributed by atoms with van der Waals surface area (Å²) in [6.07, 6.45) is -0.195. The number of nitrogens with zero attached hydrogens (tertiary/aromatic N) is 2. The summed E-state index contributed by atoms with van der Waals surface area (Å²) in [6.45, 7) is -0.468. The number of nitro groups is 2. The second-order valence-corrected chi connectivity index (χ2v) is 7.56. The van der Waals surface area contributed by atoms with E-state index in [1.807, 2.05) is 84.9 Å². The molecule has 4 aromatic carbocycles. The molecule has 8 heteroatoms. The molecule has 8 nitrogen and oxygen atoms in total. The van der Waals surface area contributed by atoms with Gasteiger partial charge in [-0.1, -0.05) is 109 Å². The average molecular weight is 487 g/mol. The molecule has 0 saturated heterocycles. The van der Waals surface area contributed by atoms with Crippen molar-refractivity contribution in [2.45, 2.75) is 6.10 Å². The Labute approximate surface area is 208 Å². The molecule has 1 unspecified atom stereocenters. The summed E-state index contributed by atoms with van der Waals surface area (Å²) in [5, 5.41) is 28.7. The molecule has 0 fully saturated rings. The van der Waals surface area contributed by atoms with Crippen molar-refractivity contribution < 1.29 is 19.7 Å². The van der Waals surface area contributed by atoms with Crippen LogP contribution in [0.15, 0.2) is 109 Å². The van der Waals surface area contributed by atoms with E-state index in [0.717, 1.165) is 30.0 Å². The summed E-state index contributed by atoms with van der Waals surface area (Å²) < 4.78 is 0. The highest BCUT2D eigenvalue weighted by molar-refractivity contribution is 5.76. The maximum absolute atomic E-state index is 10.5. The van der Waals surface area contributed by atoms with Crippen LogP contribution < -0.4 is 0 Å². The number of hydrogen-bond acceptors (Lipinski definition) is 6. The van der Waals surface area contributed by atoms with E-state index < -0.39 is 22.5 Å². The molecule has 4 rings (SSSR count). The van der Waals surface area contributed by atoms with Gasteiger partial charge in [0.1, 0.15) is 12.4 Å². The number of aldehydes is 1. The summed E-state index contributed by atoms with van der Waals surface area (Å²) in [7, 11) is 0.889. The minimum Gasteiger partial charge on any atom is -0.382 e. The van der Waals surface area contributed by atoms with E-state index in [9.17, 15) is 20.0 Å². The highest BCUT2D eigenvalue weighted by atomic mass is 16.6. The molecule has 184 valence electrons. The van der Waals surface area contributed by atoms with Crippen LogP contribution in [-0.2, 0) is 0 Å². The predicted molar refractivity (Wildman–Crippen MR) is 139 cm³/mol. The van der Waals surface area contributed by atoms with Crippen molar-refractivity contribution in [1.29, 1.82) is 0 Å². The van der Waals surface area contributed by atoms with E-state index in [1.54, 1.807) is 12.1 Å². The number of benzene rings is 4. The van der Waals surface area contributed by atoms with Crippen LogP contribution in [0.4, 0.5) is 0 Å². The topological polar surface area (TPSA) is 124 Å². The van der Waals surface area contributed by atoms with Crippen LogP contribution in [0, 0.1) is 20.2 Å². The van der Waals surface area contributed by atoms with Gasteiger partial charge in [0.2, 0.25) is 6.54 Å². The first-order chi connectivity index (χ1) is 17.3. The number of carbonyl (C=O) groups excluding carboxylic acids is 1. The average Bonchev–Trinajstić information content (AvgIpc) is 2.89. The minimum atomic E-state index is -1.05. The highest BCUT2D eigenvalue weighted by Gasteiger charge is 2.13. The second-order valence-electron chi connectivity index (χ2n) is 7.56. The third kappa shape index (κ3) is 9.66. The zero-order valence-corrected chi connectivity index (χ0v) is 19.6. The van der Waals surface area contributed by atoms with Crippen LogP contribution in [0.2, 0.25) is 0 Å². The monoisotopic (exact) mass is 486 g/mol. The quantitative estimate of drug-likeness (QED) is 0.211. The van der Waals surface area contributed by atoms with Crippen molar-refractivity contribution in [3.8, 4) is 22.3 Å². The second kappa shape index (κ2) is 14.5. The van der Waals surface area contributed by atoms with Gasteiger partial charge in [-0.2, -0.15) is 0 Å². The zero-order valence-electron chi connectivity index (χ0n) is 19.6. The lowest BCUT2D eigenvalue weighted by atomic mass is 10.0. The van der Waals surface area contributed by atoms with E-state index in [-0.39, 0.29) is 0 Å². The van der Waals surface area contributed by atoms with Crippen molar-refractivity contribution in [3.63, 3.8) is 0 Å². The van der Waals surface area contributed by atoms with Gasteiger partial charge < -0.3 is 5.11 Å². The Morgan fingerprint density at radius 2 is 1.06 bits per heavy atom. The predicted octanol–water partition coefficient (Wildman–Crippen LogP) is 5.72. The van der Waals surface area contributed by atoms with Crippen molar-refractivity contribution in [3.05, 3.63) is 141 Å². The summed E-state index contributed by atoms with van der Waals surface area (Å²) in [6, 6.07) is 34.6. The third-order valence-corrected chi connectivity index (χ3v) is 4.88. The van der Waals surface area contributed by atoms with E-state index in [0.29, 0.717) is 11.1 Å². The van der Waals surface area contributed by atoms with E-state index >= 15 is 0 Å². The van der Waals surface area contributed by atoms with E-state index in [2.05, 4.69) is 12.1 Å². The van der Waals surface area contributed by atoms with Gasteiger partial charge in [-0.25, -0.2) is 0 Å². The first-order valence-electron chi connectivity index (χ1n) is 10.9. The van der Waals surface area contributed by atoms with Crippen LogP contribution in [0.1, 0.15) is 22.0 Å². The van der Waals surface area contributed by atoms with Crippen molar-refractivity contribution in [1.82, 2.24) is 0 Å². The fourth-order valence-electron chi connectivity index (χ4n) is 3.16. The van der Waals surface area contributed by atoms with Crippen LogP contribution in [-0.4, -0.2) is 34.8 Å². The standard InChI is InChI=1S/C14H13NO3.C13H10O.CH3NO2/c16-14(10-15(17)18)13-8-6-12(7-9-13)11-4-2-1-3-5-11;14-10-11-6-8-13(9-7-11)12-4-2-1-3-5-12;1-2(3)4/h1-9,14,16H,10H2;1-10H;1H3. The molecule has 36 heavy (non-hydrogen) atoms. The maximum atomic E-state index is 10.5. The summed E-state index contributed by atoms with van der Waals surface area (Å²) in [5.41, 5.74) is 5.68. The number of aliphatic hydroxyl groups is 1. The molecular formula is C28H26N2O6. The van der Waals surface area contributed by atoms with Gasteiger partial charge in [-0.05, 0) is 27.8 Å². The van der Waals surface area contributed by atoms with Gasteiger partial charge in [0, 0.05) is 15.4 Å². The minimum absolute atomic E-state index is 0.468. The Morgan fingerprint density at radius 3 is 1.42 bits per heavy atom. The molecule has 0 aliphatic carbocycles. The summed E-state index contributed by atoms with van der Waals surface area (Å²) >= 11 is 0. The molecule has 0 spiro atoms. The molecule has 0 radical (unpaired) electrons.